The third-order valence-electron chi connectivity index (χ3n) is 6.74. The Morgan fingerprint density at radius 1 is 0.833 bits per heavy atom. The van der Waals surface area contributed by atoms with Crippen molar-refractivity contribution in [1.29, 1.82) is 0 Å². The predicted octanol–water partition coefficient (Wildman–Crippen LogP) is 6.21. The lowest BCUT2D eigenvalue weighted by atomic mass is 10.1. The van der Waals surface area contributed by atoms with Gasteiger partial charge in [0.2, 0.25) is 10.0 Å². The topological polar surface area (TPSA) is 74.7 Å². The molecular weight excluding hydrogens is 494 g/mol. The van der Waals surface area contributed by atoms with E-state index in [0.29, 0.717) is 5.02 Å². The van der Waals surface area contributed by atoms with Crippen LogP contribution in [0.5, 0.6) is 0 Å². The molecule has 1 N–H and O–H groups in total. The molecule has 0 aromatic heterocycles. The number of rotatable bonds is 8. The Labute approximate surface area is 215 Å². The molecule has 5 nitrogen and oxygen atoms in total. The quantitative estimate of drug-likeness (QED) is 0.301. The van der Waals surface area contributed by atoms with E-state index in [1.165, 1.54) is 16.4 Å². The zero-order valence-corrected chi connectivity index (χ0v) is 20.9. The molecule has 1 aliphatic rings. The van der Waals surface area contributed by atoms with Gasteiger partial charge in [-0.2, -0.15) is 4.31 Å². The summed E-state index contributed by atoms with van der Waals surface area (Å²) in [6, 6.07) is 32.1. The second-order valence-electron chi connectivity index (χ2n) is 8.93. The Bertz CT molecular complexity index is 1470. The van der Waals surface area contributed by atoms with Crippen LogP contribution in [0.2, 0.25) is 5.02 Å². The van der Waals surface area contributed by atoms with Gasteiger partial charge in [-0.1, -0.05) is 96.5 Å². The van der Waals surface area contributed by atoms with Crippen LogP contribution < -0.4 is 0 Å². The van der Waals surface area contributed by atoms with Gasteiger partial charge in [0.15, 0.2) is 0 Å². The first kappa shape index (κ1) is 24.3. The van der Waals surface area contributed by atoms with Crippen molar-refractivity contribution in [1.82, 2.24) is 4.31 Å². The number of sulfonamides is 1. The van der Waals surface area contributed by atoms with Crippen molar-refractivity contribution in [3.8, 4) is 11.1 Å². The second-order valence-corrected chi connectivity index (χ2v) is 11.2. The minimum absolute atomic E-state index is 0.0439. The van der Waals surface area contributed by atoms with Crippen LogP contribution in [0.1, 0.15) is 23.5 Å². The van der Waals surface area contributed by atoms with Crippen LogP contribution in [0.25, 0.3) is 11.1 Å². The molecule has 0 aliphatic heterocycles. The van der Waals surface area contributed by atoms with Gasteiger partial charge in [-0.3, -0.25) is 4.79 Å². The summed E-state index contributed by atoms with van der Waals surface area (Å²) in [7, 11) is -4.15. The van der Waals surface area contributed by atoms with E-state index in [1.54, 1.807) is 24.3 Å². The first-order valence-electron chi connectivity index (χ1n) is 11.5. The lowest BCUT2D eigenvalue weighted by Gasteiger charge is -2.30. The third-order valence-corrected chi connectivity index (χ3v) is 8.89. The summed E-state index contributed by atoms with van der Waals surface area (Å²) in [6.45, 7) is -0.0439. The molecule has 0 amide bonds. The van der Waals surface area contributed by atoms with Gasteiger partial charge in [-0.05, 0) is 52.9 Å². The van der Waals surface area contributed by atoms with Gasteiger partial charge in [-0.15, -0.1) is 0 Å². The summed E-state index contributed by atoms with van der Waals surface area (Å²) in [5, 5.41) is 11.0. The zero-order valence-electron chi connectivity index (χ0n) is 19.3. The SMILES string of the molecule is O=C(O)[C@]1(N(Cc2ccccc2)S(=O)(=O)c2ccc(-c3ccc(Cl)cc3)cc2)C[C@H]1c1ccccc1. The summed E-state index contributed by atoms with van der Waals surface area (Å²) >= 11 is 5.98. The fourth-order valence-corrected chi connectivity index (χ4v) is 6.62. The minimum atomic E-state index is -4.15. The van der Waals surface area contributed by atoms with Gasteiger partial charge in [0, 0.05) is 17.5 Å². The molecule has 1 fully saturated rings. The molecule has 1 aliphatic carbocycles. The van der Waals surface area contributed by atoms with E-state index in [4.69, 9.17) is 11.6 Å². The number of carboxylic acids is 1. The van der Waals surface area contributed by atoms with Gasteiger partial charge < -0.3 is 5.11 Å². The Balaban J connectivity index is 1.56. The highest BCUT2D eigenvalue weighted by Crippen LogP contribution is 2.57. The monoisotopic (exact) mass is 517 g/mol. The Morgan fingerprint density at radius 3 is 1.92 bits per heavy atom. The molecule has 2 atom stereocenters. The zero-order chi connectivity index (χ0) is 25.3. The standard InChI is InChI=1S/C29H24ClNO4S/c30-25-15-11-22(12-16-25)23-13-17-26(18-14-23)36(34,35)31(20-21-7-3-1-4-8-21)29(28(32)33)19-27(29)24-9-5-2-6-10-24/h1-18,27H,19-20H2,(H,32,33)/t27-,29-/m0/s1. The molecule has 182 valence electrons. The number of carboxylic acid groups (broad SMARTS) is 1. The fourth-order valence-electron chi connectivity index (χ4n) is 4.73. The van der Waals surface area contributed by atoms with Crippen molar-refractivity contribution in [2.45, 2.75) is 29.3 Å². The molecule has 0 bridgehead atoms. The number of hydrogen-bond donors (Lipinski definition) is 1. The number of benzene rings is 4. The van der Waals surface area contributed by atoms with Crippen LogP contribution in [0.15, 0.2) is 114 Å². The lowest BCUT2D eigenvalue weighted by molar-refractivity contribution is -0.143. The van der Waals surface area contributed by atoms with E-state index in [2.05, 4.69) is 0 Å². The highest BCUT2D eigenvalue weighted by atomic mass is 35.5. The van der Waals surface area contributed by atoms with E-state index in [-0.39, 0.29) is 17.9 Å². The molecule has 0 spiro atoms. The van der Waals surface area contributed by atoms with Crippen molar-refractivity contribution >= 4 is 27.6 Å². The number of nitrogens with zero attached hydrogens (tertiary/aromatic N) is 1. The van der Waals surface area contributed by atoms with E-state index < -0.39 is 27.4 Å². The third kappa shape index (κ3) is 4.44. The molecule has 0 heterocycles. The number of halogens is 1. The summed E-state index contributed by atoms with van der Waals surface area (Å²) < 4.78 is 29.3. The van der Waals surface area contributed by atoms with Gasteiger partial charge in [0.1, 0.15) is 5.54 Å². The molecule has 4 aromatic carbocycles. The average molecular weight is 518 g/mol. The van der Waals surface area contributed by atoms with Crippen molar-refractivity contribution in [3.63, 3.8) is 0 Å². The molecule has 4 aromatic rings. The Kier molecular flexibility index (Phi) is 6.43. The average Bonchev–Trinajstić information content (AvgIpc) is 3.66. The first-order valence-corrected chi connectivity index (χ1v) is 13.4. The lowest BCUT2D eigenvalue weighted by Crippen LogP contribution is -2.48. The molecule has 0 saturated heterocycles. The van der Waals surface area contributed by atoms with E-state index >= 15 is 0 Å². The van der Waals surface area contributed by atoms with Crippen LogP contribution in [0, 0.1) is 0 Å². The van der Waals surface area contributed by atoms with Gasteiger partial charge in [-0.25, -0.2) is 8.42 Å². The van der Waals surface area contributed by atoms with E-state index in [9.17, 15) is 18.3 Å². The van der Waals surface area contributed by atoms with Gasteiger partial charge >= 0.3 is 5.97 Å². The van der Waals surface area contributed by atoms with Crippen molar-refractivity contribution in [3.05, 3.63) is 125 Å². The maximum atomic E-state index is 14.0. The van der Waals surface area contributed by atoms with Crippen LogP contribution in [0.4, 0.5) is 0 Å². The van der Waals surface area contributed by atoms with Crippen LogP contribution in [-0.4, -0.2) is 29.3 Å². The minimum Gasteiger partial charge on any atom is -0.480 e. The molecule has 1 saturated carbocycles. The fraction of sp³-hybridized carbons (Fsp3) is 0.138. The highest BCUT2D eigenvalue weighted by Gasteiger charge is 2.67. The number of aliphatic carboxylic acids is 1. The maximum Gasteiger partial charge on any atom is 0.325 e. The maximum absolute atomic E-state index is 14.0. The predicted molar refractivity (Wildman–Crippen MR) is 140 cm³/mol. The molecule has 0 unspecified atom stereocenters. The van der Waals surface area contributed by atoms with Crippen LogP contribution in [0.3, 0.4) is 0 Å². The largest absolute Gasteiger partial charge is 0.480 e. The van der Waals surface area contributed by atoms with Crippen LogP contribution >= 0.6 is 11.6 Å². The highest BCUT2D eigenvalue weighted by molar-refractivity contribution is 7.89. The summed E-state index contributed by atoms with van der Waals surface area (Å²) in [5.41, 5.74) is 1.70. The first-order chi connectivity index (χ1) is 17.3. The second kappa shape index (κ2) is 9.54. The summed E-state index contributed by atoms with van der Waals surface area (Å²) in [6.07, 6.45) is 0.210. The molecule has 36 heavy (non-hydrogen) atoms. The Hall–Kier alpha value is -3.45. The number of carbonyl (C=O) groups is 1. The van der Waals surface area contributed by atoms with Crippen molar-refractivity contribution < 1.29 is 18.3 Å². The van der Waals surface area contributed by atoms with Crippen molar-refractivity contribution in [2.75, 3.05) is 0 Å². The van der Waals surface area contributed by atoms with E-state index in [0.717, 1.165) is 22.3 Å². The molecule has 5 rings (SSSR count). The molecular formula is C29H24ClNO4S. The van der Waals surface area contributed by atoms with Gasteiger partial charge in [0.25, 0.3) is 0 Å². The molecule has 0 radical (unpaired) electrons. The Morgan fingerprint density at radius 2 is 1.36 bits per heavy atom. The number of hydrogen-bond acceptors (Lipinski definition) is 3. The molecule has 7 heteroatoms. The van der Waals surface area contributed by atoms with Gasteiger partial charge in [0.05, 0.1) is 4.90 Å². The smallest absolute Gasteiger partial charge is 0.325 e. The summed E-state index contributed by atoms with van der Waals surface area (Å²) in [5.74, 6) is -1.59. The summed E-state index contributed by atoms with van der Waals surface area (Å²) in [4.78, 5) is 12.8. The van der Waals surface area contributed by atoms with Crippen molar-refractivity contribution in [2.24, 2.45) is 0 Å². The normalized spacial score (nSPS) is 19.2. The van der Waals surface area contributed by atoms with E-state index in [1.807, 2.05) is 72.8 Å². The van der Waals surface area contributed by atoms with Crippen LogP contribution in [-0.2, 0) is 21.4 Å².